The third kappa shape index (κ3) is 4.90. The second kappa shape index (κ2) is 7.78. The van der Waals surface area contributed by atoms with Crippen molar-refractivity contribution >= 4 is 12.1 Å². The van der Waals surface area contributed by atoms with Gasteiger partial charge in [-0.15, -0.1) is 0 Å². The summed E-state index contributed by atoms with van der Waals surface area (Å²) in [4.78, 5) is 26.9. The molecule has 1 aromatic heterocycles. The van der Waals surface area contributed by atoms with Gasteiger partial charge in [-0.2, -0.15) is 0 Å². The third-order valence-electron chi connectivity index (χ3n) is 2.95. The van der Waals surface area contributed by atoms with Crippen molar-refractivity contribution in [3.05, 3.63) is 66.0 Å². The molecule has 1 atom stereocenters. The maximum absolute atomic E-state index is 11.7. The Kier molecular flexibility index (Phi) is 5.48. The van der Waals surface area contributed by atoms with Crippen molar-refractivity contribution < 1.29 is 19.4 Å². The number of pyridine rings is 1. The number of benzene rings is 1. The van der Waals surface area contributed by atoms with Crippen LogP contribution in [-0.4, -0.2) is 28.2 Å². The zero-order valence-corrected chi connectivity index (χ0v) is 11.8. The molecule has 2 aromatic rings. The predicted octanol–water partition coefficient (Wildman–Crippen LogP) is 2.00. The van der Waals surface area contributed by atoms with E-state index in [1.807, 2.05) is 18.2 Å². The minimum absolute atomic E-state index is 0.00957. The summed E-state index contributed by atoms with van der Waals surface area (Å²) in [6, 6.07) is 13.3. The van der Waals surface area contributed by atoms with Gasteiger partial charge in [0.25, 0.3) is 0 Å². The molecular formula is C16H16N2O4. The molecule has 22 heavy (non-hydrogen) atoms. The fourth-order valence-electron chi connectivity index (χ4n) is 1.86. The summed E-state index contributed by atoms with van der Waals surface area (Å²) in [5.41, 5.74) is 1.41. The zero-order valence-electron chi connectivity index (χ0n) is 11.8. The SMILES string of the molecule is O=C(N[C@@H](Cc1ccccc1)C(=O)O)OCc1ccccn1. The van der Waals surface area contributed by atoms with Gasteiger partial charge >= 0.3 is 12.1 Å². The largest absolute Gasteiger partial charge is 0.480 e. The van der Waals surface area contributed by atoms with Gasteiger partial charge in [-0.3, -0.25) is 4.98 Å². The van der Waals surface area contributed by atoms with Crippen LogP contribution in [0.4, 0.5) is 4.79 Å². The number of nitrogens with one attached hydrogen (secondary N) is 1. The number of rotatable bonds is 6. The molecule has 6 nitrogen and oxygen atoms in total. The Labute approximate surface area is 127 Å². The van der Waals surface area contributed by atoms with Gasteiger partial charge in [-0.05, 0) is 17.7 Å². The first-order valence-corrected chi connectivity index (χ1v) is 6.75. The van der Waals surface area contributed by atoms with E-state index in [0.29, 0.717) is 5.69 Å². The molecule has 0 aliphatic heterocycles. The lowest BCUT2D eigenvalue weighted by Crippen LogP contribution is -2.42. The molecule has 0 aliphatic carbocycles. The van der Waals surface area contributed by atoms with Gasteiger partial charge in [0, 0.05) is 12.6 Å². The second-order valence-electron chi connectivity index (χ2n) is 4.62. The van der Waals surface area contributed by atoms with Crippen molar-refractivity contribution in [1.82, 2.24) is 10.3 Å². The highest BCUT2D eigenvalue weighted by molar-refractivity contribution is 5.80. The van der Waals surface area contributed by atoms with E-state index in [4.69, 9.17) is 4.74 Å². The van der Waals surface area contributed by atoms with Crippen LogP contribution >= 0.6 is 0 Å². The lowest BCUT2D eigenvalue weighted by Gasteiger charge is -2.14. The third-order valence-corrected chi connectivity index (χ3v) is 2.95. The summed E-state index contributed by atoms with van der Waals surface area (Å²) in [6.45, 7) is -0.00957. The van der Waals surface area contributed by atoms with Crippen LogP contribution in [0.15, 0.2) is 54.7 Å². The van der Waals surface area contributed by atoms with Gasteiger partial charge in [-0.1, -0.05) is 36.4 Å². The molecule has 6 heteroatoms. The molecule has 0 aliphatic rings. The molecule has 0 fully saturated rings. The Bertz CT molecular complexity index is 617. The number of ether oxygens (including phenoxy) is 1. The summed E-state index contributed by atoms with van der Waals surface area (Å²) in [5, 5.41) is 11.5. The monoisotopic (exact) mass is 300 g/mol. The van der Waals surface area contributed by atoms with E-state index >= 15 is 0 Å². The number of nitrogens with zero attached hydrogens (tertiary/aromatic N) is 1. The van der Waals surface area contributed by atoms with Gasteiger partial charge in [0.05, 0.1) is 5.69 Å². The van der Waals surface area contributed by atoms with E-state index in [2.05, 4.69) is 10.3 Å². The van der Waals surface area contributed by atoms with E-state index in [1.165, 1.54) is 0 Å². The number of carbonyl (C=O) groups excluding carboxylic acids is 1. The summed E-state index contributed by atoms with van der Waals surface area (Å²) in [6.07, 6.45) is 0.995. The number of alkyl carbamates (subject to hydrolysis) is 1. The van der Waals surface area contributed by atoms with Crippen molar-refractivity contribution in [2.45, 2.75) is 19.1 Å². The highest BCUT2D eigenvalue weighted by Crippen LogP contribution is 2.04. The first-order valence-electron chi connectivity index (χ1n) is 6.75. The minimum atomic E-state index is -1.11. The van der Waals surface area contributed by atoms with Crippen molar-refractivity contribution in [1.29, 1.82) is 0 Å². The Morgan fingerprint density at radius 1 is 1.14 bits per heavy atom. The fourth-order valence-corrected chi connectivity index (χ4v) is 1.86. The quantitative estimate of drug-likeness (QED) is 0.852. The molecule has 1 heterocycles. The lowest BCUT2D eigenvalue weighted by atomic mass is 10.1. The fraction of sp³-hybridized carbons (Fsp3) is 0.188. The Morgan fingerprint density at radius 2 is 1.86 bits per heavy atom. The maximum Gasteiger partial charge on any atom is 0.408 e. The van der Waals surface area contributed by atoms with Crippen LogP contribution < -0.4 is 5.32 Å². The topological polar surface area (TPSA) is 88.5 Å². The highest BCUT2D eigenvalue weighted by Gasteiger charge is 2.21. The van der Waals surface area contributed by atoms with E-state index in [9.17, 15) is 14.7 Å². The number of aromatic nitrogens is 1. The van der Waals surface area contributed by atoms with Crippen LogP contribution in [0.25, 0.3) is 0 Å². The molecule has 1 aromatic carbocycles. The van der Waals surface area contributed by atoms with Gasteiger partial charge in [0.1, 0.15) is 12.6 Å². The molecule has 2 rings (SSSR count). The normalized spacial score (nSPS) is 11.5. The zero-order chi connectivity index (χ0) is 15.8. The number of aliphatic carboxylic acids is 1. The second-order valence-corrected chi connectivity index (χ2v) is 4.62. The molecule has 0 saturated heterocycles. The first kappa shape index (κ1) is 15.5. The van der Waals surface area contributed by atoms with Crippen molar-refractivity contribution in [2.24, 2.45) is 0 Å². The molecule has 114 valence electrons. The van der Waals surface area contributed by atoms with Crippen LogP contribution in [0.1, 0.15) is 11.3 Å². The van der Waals surface area contributed by atoms with Crippen molar-refractivity contribution in [3.63, 3.8) is 0 Å². The number of hydrogen-bond acceptors (Lipinski definition) is 4. The summed E-state index contributed by atoms with van der Waals surface area (Å²) in [7, 11) is 0. The van der Waals surface area contributed by atoms with E-state index < -0.39 is 18.1 Å². The standard InChI is InChI=1S/C16H16N2O4/c19-15(20)14(10-12-6-2-1-3-7-12)18-16(21)22-11-13-8-4-5-9-17-13/h1-9,14H,10-11H2,(H,18,21)(H,19,20)/t14-/m0/s1. The summed E-state index contributed by atoms with van der Waals surface area (Å²) >= 11 is 0. The average Bonchev–Trinajstić information content (AvgIpc) is 2.54. The molecule has 0 unspecified atom stereocenters. The Hall–Kier alpha value is -2.89. The first-order chi connectivity index (χ1) is 10.6. The number of hydrogen-bond donors (Lipinski definition) is 2. The molecule has 2 N–H and O–H groups in total. The van der Waals surface area contributed by atoms with Gasteiger partial charge < -0.3 is 15.2 Å². The predicted molar refractivity (Wildman–Crippen MR) is 79.1 cm³/mol. The van der Waals surface area contributed by atoms with Crippen molar-refractivity contribution in [2.75, 3.05) is 0 Å². The van der Waals surface area contributed by atoms with Crippen LogP contribution in [0.5, 0.6) is 0 Å². The van der Waals surface area contributed by atoms with Gasteiger partial charge in [0.2, 0.25) is 0 Å². The van der Waals surface area contributed by atoms with E-state index in [0.717, 1.165) is 5.56 Å². The maximum atomic E-state index is 11.7. The van der Waals surface area contributed by atoms with Crippen LogP contribution in [0, 0.1) is 0 Å². The van der Waals surface area contributed by atoms with Crippen LogP contribution in [-0.2, 0) is 22.6 Å². The van der Waals surface area contributed by atoms with Gasteiger partial charge in [0.15, 0.2) is 0 Å². The van der Waals surface area contributed by atoms with E-state index in [1.54, 1.807) is 36.5 Å². The highest BCUT2D eigenvalue weighted by atomic mass is 16.5. The summed E-state index contributed by atoms with van der Waals surface area (Å²) in [5.74, 6) is -1.11. The van der Waals surface area contributed by atoms with Crippen molar-refractivity contribution in [3.8, 4) is 0 Å². The number of carboxylic acid groups (broad SMARTS) is 1. The number of carbonyl (C=O) groups is 2. The molecule has 0 bridgehead atoms. The molecule has 1 amide bonds. The Morgan fingerprint density at radius 3 is 2.50 bits per heavy atom. The minimum Gasteiger partial charge on any atom is -0.480 e. The summed E-state index contributed by atoms with van der Waals surface area (Å²) < 4.78 is 4.97. The Balaban J connectivity index is 1.88. The molecule has 0 saturated carbocycles. The van der Waals surface area contributed by atoms with E-state index in [-0.39, 0.29) is 13.0 Å². The van der Waals surface area contributed by atoms with Crippen LogP contribution in [0.3, 0.4) is 0 Å². The number of amides is 1. The number of carboxylic acids is 1. The molecule has 0 radical (unpaired) electrons. The average molecular weight is 300 g/mol. The smallest absolute Gasteiger partial charge is 0.408 e. The van der Waals surface area contributed by atoms with Crippen LogP contribution in [0.2, 0.25) is 0 Å². The van der Waals surface area contributed by atoms with Gasteiger partial charge in [-0.25, -0.2) is 9.59 Å². The lowest BCUT2D eigenvalue weighted by molar-refractivity contribution is -0.139. The molecular weight excluding hydrogens is 284 g/mol. The molecule has 0 spiro atoms.